The first-order valence-corrected chi connectivity index (χ1v) is 6.20. The van der Waals surface area contributed by atoms with E-state index in [2.05, 4.69) is 6.58 Å². The Morgan fingerprint density at radius 2 is 1.79 bits per heavy atom. The van der Waals surface area contributed by atoms with Crippen molar-refractivity contribution < 1.29 is 14.3 Å². The van der Waals surface area contributed by atoms with Crippen molar-refractivity contribution in [2.45, 2.75) is 26.7 Å². The van der Waals surface area contributed by atoms with E-state index in [-0.39, 0.29) is 5.78 Å². The lowest BCUT2D eigenvalue weighted by atomic mass is 9.74. The Morgan fingerprint density at radius 3 is 2.21 bits per heavy atom. The van der Waals surface area contributed by atoms with E-state index in [4.69, 9.17) is 4.74 Å². The van der Waals surface area contributed by atoms with Gasteiger partial charge in [0.2, 0.25) is 0 Å². The number of hydrogen-bond acceptors (Lipinski definition) is 3. The molecule has 0 amide bonds. The molecule has 0 aliphatic heterocycles. The number of Topliss-reactive ketones (excluding diaryl/α,β-unsaturated/α-hetero) is 1. The second-order valence-corrected chi connectivity index (χ2v) is 4.93. The van der Waals surface area contributed by atoms with Gasteiger partial charge in [-0.1, -0.05) is 35.9 Å². The zero-order valence-corrected chi connectivity index (χ0v) is 11.7. The normalized spacial score (nSPS) is 13.4. The lowest BCUT2D eigenvalue weighted by Gasteiger charge is -2.28. The fourth-order valence-corrected chi connectivity index (χ4v) is 2.25. The minimum atomic E-state index is -1.16. The van der Waals surface area contributed by atoms with Crippen LogP contribution < -0.4 is 0 Å². The largest absolute Gasteiger partial charge is 0.468 e. The first kappa shape index (κ1) is 15.2. The number of ether oxygens (including phenoxy) is 1. The number of carbonyl (C=O) groups excluding carboxylic acids is 2. The molecule has 0 saturated carbocycles. The Kier molecular flexibility index (Phi) is 5.04. The van der Waals surface area contributed by atoms with Gasteiger partial charge in [0.15, 0.2) is 0 Å². The quantitative estimate of drug-likeness (QED) is 0.448. The van der Waals surface area contributed by atoms with E-state index in [1.165, 1.54) is 14.0 Å². The Bertz CT molecular complexity index is 476. The molecule has 3 nitrogen and oxygen atoms in total. The molecule has 0 bridgehead atoms. The Labute approximate surface area is 114 Å². The number of ketones is 1. The molecule has 1 aromatic rings. The minimum Gasteiger partial charge on any atom is -0.468 e. The van der Waals surface area contributed by atoms with Gasteiger partial charge in [-0.2, -0.15) is 0 Å². The van der Waals surface area contributed by atoms with Gasteiger partial charge < -0.3 is 4.74 Å². The molecule has 1 aromatic carbocycles. The van der Waals surface area contributed by atoms with Crippen LogP contribution in [-0.4, -0.2) is 18.9 Å². The molecule has 0 radical (unpaired) electrons. The van der Waals surface area contributed by atoms with Gasteiger partial charge in [0.05, 0.1) is 7.11 Å². The van der Waals surface area contributed by atoms with Crippen LogP contribution in [0.5, 0.6) is 0 Å². The van der Waals surface area contributed by atoms with Gasteiger partial charge in [0.25, 0.3) is 0 Å². The predicted molar refractivity (Wildman–Crippen MR) is 74.7 cm³/mol. The molecule has 0 N–H and O–H groups in total. The summed E-state index contributed by atoms with van der Waals surface area (Å²) >= 11 is 0. The number of rotatable bonds is 6. The summed E-state index contributed by atoms with van der Waals surface area (Å²) in [7, 11) is 1.31. The van der Waals surface area contributed by atoms with E-state index in [0.717, 1.165) is 11.1 Å². The van der Waals surface area contributed by atoms with Crippen molar-refractivity contribution in [3.05, 3.63) is 48.0 Å². The monoisotopic (exact) mass is 260 g/mol. The van der Waals surface area contributed by atoms with Crippen LogP contribution in [0.4, 0.5) is 0 Å². The van der Waals surface area contributed by atoms with Gasteiger partial charge in [0.1, 0.15) is 11.2 Å². The van der Waals surface area contributed by atoms with Gasteiger partial charge >= 0.3 is 5.97 Å². The zero-order valence-electron chi connectivity index (χ0n) is 11.7. The molecule has 0 aliphatic carbocycles. The highest BCUT2D eigenvalue weighted by atomic mass is 16.5. The fourth-order valence-electron chi connectivity index (χ4n) is 2.25. The summed E-state index contributed by atoms with van der Waals surface area (Å²) in [5.74, 6) is -0.682. The van der Waals surface area contributed by atoms with Crippen molar-refractivity contribution in [1.29, 1.82) is 0 Å². The van der Waals surface area contributed by atoms with Crippen molar-refractivity contribution in [3.63, 3.8) is 0 Å². The zero-order chi connectivity index (χ0) is 14.5. The maximum atomic E-state index is 12.1. The smallest absolute Gasteiger partial charge is 0.320 e. The second-order valence-electron chi connectivity index (χ2n) is 4.93. The van der Waals surface area contributed by atoms with Crippen molar-refractivity contribution in [3.8, 4) is 0 Å². The summed E-state index contributed by atoms with van der Waals surface area (Å²) < 4.78 is 4.85. The van der Waals surface area contributed by atoms with Crippen molar-refractivity contribution >= 4 is 11.8 Å². The van der Waals surface area contributed by atoms with E-state index in [1.807, 2.05) is 37.3 Å². The topological polar surface area (TPSA) is 43.4 Å². The molecule has 1 atom stereocenters. The molecule has 0 saturated heterocycles. The Hall–Kier alpha value is -1.90. The number of hydrogen-bond donors (Lipinski definition) is 0. The predicted octanol–water partition coefficient (Wildman–Crippen LogP) is 2.94. The summed E-state index contributed by atoms with van der Waals surface area (Å²) in [5.41, 5.74) is 0.558. The highest BCUT2D eigenvalue weighted by Gasteiger charge is 2.44. The van der Waals surface area contributed by atoms with Gasteiger partial charge in [-0.15, -0.1) is 6.58 Å². The SMILES string of the molecule is C=C(C)CC(Cc1ccccc1)(C(C)=O)C(=O)OC. The third-order valence-electron chi connectivity index (χ3n) is 3.20. The molecule has 19 heavy (non-hydrogen) atoms. The first-order chi connectivity index (χ1) is 8.92. The van der Waals surface area contributed by atoms with E-state index in [0.29, 0.717) is 12.8 Å². The standard InChI is InChI=1S/C16H20O3/c1-12(2)10-16(13(3)17,15(18)19-4)11-14-8-6-5-7-9-14/h5-9H,1,10-11H2,2-4H3. The van der Waals surface area contributed by atoms with Crippen molar-refractivity contribution in [2.75, 3.05) is 7.11 Å². The highest BCUT2D eigenvalue weighted by Crippen LogP contribution is 2.33. The maximum Gasteiger partial charge on any atom is 0.320 e. The van der Waals surface area contributed by atoms with Crippen LogP contribution in [0.1, 0.15) is 25.8 Å². The van der Waals surface area contributed by atoms with Crippen molar-refractivity contribution in [2.24, 2.45) is 5.41 Å². The first-order valence-electron chi connectivity index (χ1n) is 6.20. The number of allylic oxidation sites excluding steroid dienone is 1. The van der Waals surface area contributed by atoms with Crippen LogP contribution in [0.2, 0.25) is 0 Å². The molecule has 1 unspecified atom stereocenters. The number of benzene rings is 1. The molecule has 0 aromatic heterocycles. The van der Waals surface area contributed by atoms with Gasteiger partial charge in [0, 0.05) is 0 Å². The summed E-state index contributed by atoms with van der Waals surface area (Å²) in [6.45, 7) is 7.07. The summed E-state index contributed by atoms with van der Waals surface area (Å²) in [5, 5.41) is 0. The van der Waals surface area contributed by atoms with E-state index in [1.54, 1.807) is 0 Å². The third kappa shape index (κ3) is 3.53. The summed E-state index contributed by atoms with van der Waals surface area (Å²) in [6, 6.07) is 9.48. The van der Waals surface area contributed by atoms with Crippen LogP contribution in [0.15, 0.2) is 42.5 Å². The van der Waals surface area contributed by atoms with Crippen LogP contribution in [-0.2, 0) is 20.7 Å². The van der Waals surface area contributed by atoms with Gasteiger partial charge in [-0.05, 0) is 32.3 Å². The third-order valence-corrected chi connectivity index (χ3v) is 3.20. The summed E-state index contributed by atoms with van der Waals surface area (Å²) in [4.78, 5) is 24.2. The molecule has 1 rings (SSSR count). The molecule has 3 heteroatoms. The van der Waals surface area contributed by atoms with Crippen molar-refractivity contribution in [1.82, 2.24) is 0 Å². The van der Waals surface area contributed by atoms with Gasteiger partial charge in [-0.25, -0.2) is 0 Å². The molecule has 0 aliphatic rings. The van der Waals surface area contributed by atoms with Crippen LogP contribution >= 0.6 is 0 Å². The minimum absolute atomic E-state index is 0.189. The molecular weight excluding hydrogens is 240 g/mol. The molecule has 0 fully saturated rings. The Balaban J connectivity index is 3.19. The van der Waals surface area contributed by atoms with Crippen LogP contribution in [0.25, 0.3) is 0 Å². The average molecular weight is 260 g/mol. The lowest BCUT2D eigenvalue weighted by Crippen LogP contribution is -2.41. The highest BCUT2D eigenvalue weighted by molar-refractivity contribution is 6.03. The Morgan fingerprint density at radius 1 is 1.21 bits per heavy atom. The second kappa shape index (κ2) is 6.32. The lowest BCUT2D eigenvalue weighted by molar-refractivity contribution is -0.157. The van der Waals surface area contributed by atoms with Gasteiger partial charge in [-0.3, -0.25) is 9.59 Å². The molecule has 0 spiro atoms. The van der Waals surface area contributed by atoms with Crippen LogP contribution in [0.3, 0.4) is 0 Å². The van der Waals surface area contributed by atoms with Crippen LogP contribution in [0, 0.1) is 5.41 Å². The average Bonchev–Trinajstić information content (AvgIpc) is 2.37. The molecule has 102 valence electrons. The maximum absolute atomic E-state index is 12.1. The van der Waals surface area contributed by atoms with E-state index in [9.17, 15) is 9.59 Å². The van der Waals surface area contributed by atoms with E-state index < -0.39 is 11.4 Å². The number of carbonyl (C=O) groups is 2. The summed E-state index contributed by atoms with van der Waals surface area (Å²) in [6.07, 6.45) is 0.645. The van der Waals surface area contributed by atoms with E-state index >= 15 is 0 Å². The molecular formula is C16H20O3. The fraction of sp³-hybridized carbons (Fsp3) is 0.375. The number of methoxy groups -OCH3 is 1. The molecule has 0 heterocycles. The number of esters is 1.